The van der Waals surface area contributed by atoms with Crippen molar-refractivity contribution in [2.75, 3.05) is 0 Å². The van der Waals surface area contributed by atoms with E-state index in [-0.39, 0.29) is 5.54 Å². The maximum atomic E-state index is 6.34. The molecule has 0 aliphatic heterocycles. The highest BCUT2D eigenvalue weighted by Crippen LogP contribution is 2.61. The van der Waals surface area contributed by atoms with Crippen molar-refractivity contribution in [2.24, 2.45) is 28.9 Å². The molecule has 3 saturated carbocycles. The largest absolute Gasteiger partial charge is 0.325 e. The predicted molar refractivity (Wildman–Crippen MR) is 58.9 cm³/mol. The van der Waals surface area contributed by atoms with Gasteiger partial charge in [0.1, 0.15) is 0 Å². The van der Waals surface area contributed by atoms with Crippen LogP contribution in [0, 0.1) is 23.2 Å². The molecule has 3 rings (SSSR count). The van der Waals surface area contributed by atoms with Gasteiger partial charge in [0, 0.05) is 5.54 Å². The lowest BCUT2D eigenvalue weighted by molar-refractivity contribution is -0.0610. The van der Waals surface area contributed by atoms with Crippen LogP contribution in [0.3, 0.4) is 0 Å². The topological polar surface area (TPSA) is 26.0 Å². The highest BCUT2D eigenvalue weighted by molar-refractivity contribution is 5.11. The SMILES string of the molecule is CC1(N)CC2(C)CCC3CC3CCC12. The van der Waals surface area contributed by atoms with Crippen LogP contribution in [0.25, 0.3) is 0 Å². The second-order valence-electron chi connectivity index (χ2n) is 6.76. The van der Waals surface area contributed by atoms with E-state index >= 15 is 0 Å². The van der Waals surface area contributed by atoms with Crippen molar-refractivity contribution in [3.63, 3.8) is 0 Å². The summed E-state index contributed by atoms with van der Waals surface area (Å²) < 4.78 is 0. The van der Waals surface area contributed by atoms with Crippen LogP contribution in [0.15, 0.2) is 0 Å². The van der Waals surface area contributed by atoms with E-state index in [2.05, 4.69) is 13.8 Å². The van der Waals surface area contributed by atoms with Gasteiger partial charge in [0.2, 0.25) is 0 Å². The van der Waals surface area contributed by atoms with Crippen molar-refractivity contribution in [2.45, 2.75) is 57.9 Å². The van der Waals surface area contributed by atoms with Gasteiger partial charge in [-0.25, -0.2) is 0 Å². The van der Waals surface area contributed by atoms with Crippen LogP contribution in [-0.4, -0.2) is 5.54 Å². The van der Waals surface area contributed by atoms with Gasteiger partial charge in [-0.2, -0.15) is 0 Å². The molecule has 0 spiro atoms. The molecule has 0 amide bonds. The Labute approximate surface area is 87.4 Å². The highest BCUT2D eigenvalue weighted by Gasteiger charge is 2.57. The van der Waals surface area contributed by atoms with Crippen LogP contribution in [0.2, 0.25) is 0 Å². The fourth-order valence-electron chi connectivity index (χ4n) is 4.64. The van der Waals surface area contributed by atoms with Crippen LogP contribution >= 0.6 is 0 Å². The Kier molecular flexibility index (Phi) is 1.68. The van der Waals surface area contributed by atoms with Gasteiger partial charge in [-0.05, 0) is 68.6 Å². The first-order valence-electron chi connectivity index (χ1n) is 6.30. The first-order chi connectivity index (χ1) is 6.51. The summed E-state index contributed by atoms with van der Waals surface area (Å²) in [6.07, 6.45) is 8.62. The minimum Gasteiger partial charge on any atom is -0.325 e. The van der Waals surface area contributed by atoms with Crippen molar-refractivity contribution < 1.29 is 0 Å². The van der Waals surface area contributed by atoms with Crippen LogP contribution in [0.1, 0.15) is 52.4 Å². The summed E-state index contributed by atoms with van der Waals surface area (Å²) in [6.45, 7) is 4.75. The van der Waals surface area contributed by atoms with Crippen LogP contribution < -0.4 is 5.73 Å². The molecule has 5 unspecified atom stereocenters. The molecular formula is C13H23N. The van der Waals surface area contributed by atoms with Crippen molar-refractivity contribution in [3.8, 4) is 0 Å². The lowest BCUT2D eigenvalue weighted by Crippen LogP contribution is -2.63. The molecule has 1 heteroatoms. The van der Waals surface area contributed by atoms with E-state index in [0.29, 0.717) is 5.41 Å². The van der Waals surface area contributed by atoms with Crippen molar-refractivity contribution in [3.05, 3.63) is 0 Å². The van der Waals surface area contributed by atoms with Gasteiger partial charge < -0.3 is 5.73 Å². The molecule has 1 nitrogen and oxygen atoms in total. The first-order valence-corrected chi connectivity index (χ1v) is 6.30. The van der Waals surface area contributed by atoms with E-state index in [0.717, 1.165) is 17.8 Å². The molecule has 2 N–H and O–H groups in total. The Morgan fingerprint density at radius 3 is 2.50 bits per heavy atom. The minimum atomic E-state index is 0.163. The van der Waals surface area contributed by atoms with Gasteiger partial charge in [0.25, 0.3) is 0 Å². The molecular weight excluding hydrogens is 170 g/mol. The molecule has 0 aromatic rings. The fourth-order valence-corrected chi connectivity index (χ4v) is 4.64. The number of hydrogen-bond acceptors (Lipinski definition) is 1. The average Bonchev–Trinajstić information content (AvgIpc) is 2.76. The molecule has 3 fully saturated rings. The van der Waals surface area contributed by atoms with Gasteiger partial charge in [-0.1, -0.05) is 6.92 Å². The molecule has 0 radical (unpaired) electrons. The number of rotatable bonds is 0. The van der Waals surface area contributed by atoms with E-state index in [9.17, 15) is 0 Å². The summed E-state index contributed by atoms with van der Waals surface area (Å²) in [5.74, 6) is 3.02. The fraction of sp³-hybridized carbons (Fsp3) is 1.00. The van der Waals surface area contributed by atoms with Gasteiger partial charge in [0.05, 0.1) is 0 Å². The van der Waals surface area contributed by atoms with Crippen LogP contribution in [0.4, 0.5) is 0 Å². The molecule has 3 aliphatic carbocycles. The zero-order valence-corrected chi connectivity index (χ0v) is 9.55. The zero-order valence-electron chi connectivity index (χ0n) is 9.55. The van der Waals surface area contributed by atoms with Gasteiger partial charge in [-0.15, -0.1) is 0 Å². The summed E-state index contributed by atoms with van der Waals surface area (Å²) in [7, 11) is 0. The molecule has 0 aromatic carbocycles. The maximum Gasteiger partial charge on any atom is 0.0164 e. The third kappa shape index (κ3) is 1.18. The quantitative estimate of drug-likeness (QED) is 0.629. The summed E-state index contributed by atoms with van der Waals surface area (Å²) in [6, 6.07) is 0. The van der Waals surface area contributed by atoms with Crippen molar-refractivity contribution in [1.82, 2.24) is 0 Å². The van der Waals surface area contributed by atoms with E-state index in [4.69, 9.17) is 5.73 Å². The summed E-state index contributed by atoms with van der Waals surface area (Å²) >= 11 is 0. The van der Waals surface area contributed by atoms with E-state index in [1.165, 1.54) is 38.5 Å². The molecule has 0 aromatic heterocycles. The maximum absolute atomic E-state index is 6.34. The third-order valence-corrected chi connectivity index (χ3v) is 5.40. The first kappa shape index (κ1) is 9.21. The van der Waals surface area contributed by atoms with Gasteiger partial charge in [0.15, 0.2) is 0 Å². The number of fused-ring (bicyclic) bond motifs is 2. The lowest BCUT2D eigenvalue weighted by atomic mass is 9.48. The predicted octanol–water partition coefficient (Wildman–Crippen LogP) is 2.94. The molecule has 5 atom stereocenters. The number of nitrogens with two attached hydrogens (primary N) is 1. The van der Waals surface area contributed by atoms with E-state index in [1.54, 1.807) is 0 Å². The molecule has 14 heavy (non-hydrogen) atoms. The average molecular weight is 193 g/mol. The second-order valence-corrected chi connectivity index (χ2v) is 6.76. The van der Waals surface area contributed by atoms with Crippen molar-refractivity contribution in [1.29, 1.82) is 0 Å². The molecule has 0 saturated heterocycles. The summed E-state index contributed by atoms with van der Waals surface area (Å²) in [5, 5.41) is 0. The zero-order chi connectivity index (χ0) is 9.97. The number of hydrogen-bond donors (Lipinski definition) is 1. The van der Waals surface area contributed by atoms with Crippen LogP contribution in [0.5, 0.6) is 0 Å². The minimum absolute atomic E-state index is 0.163. The van der Waals surface area contributed by atoms with E-state index < -0.39 is 0 Å². The van der Waals surface area contributed by atoms with Crippen molar-refractivity contribution >= 4 is 0 Å². The molecule has 0 heterocycles. The lowest BCUT2D eigenvalue weighted by Gasteiger charge is -2.60. The third-order valence-electron chi connectivity index (χ3n) is 5.40. The van der Waals surface area contributed by atoms with Gasteiger partial charge in [-0.3, -0.25) is 0 Å². The Balaban J connectivity index is 1.77. The molecule has 3 aliphatic rings. The second kappa shape index (κ2) is 2.55. The Bertz CT molecular complexity index is 258. The molecule has 80 valence electrons. The normalized spacial score (nSPS) is 61.5. The Morgan fingerprint density at radius 2 is 1.79 bits per heavy atom. The smallest absolute Gasteiger partial charge is 0.0164 e. The van der Waals surface area contributed by atoms with Crippen LogP contribution in [-0.2, 0) is 0 Å². The highest BCUT2D eigenvalue weighted by atomic mass is 14.8. The standard InChI is InChI=1S/C13H23N/c1-12-6-5-10-7-9(10)3-4-11(12)13(2,14)8-12/h9-11H,3-8,14H2,1-2H3. The Hall–Kier alpha value is -0.0400. The monoisotopic (exact) mass is 193 g/mol. The van der Waals surface area contributed by atoms with E-state index in [1.807, 2.05) is 0 Å². The summed E-state index contributed by atoms with van der Waals surface area (Å²) in [4.78, 5) is 0. The molecule has 0 bridgehead atoms. The van der Waals surface area contributed by atoms with Gasteiger partial charge >= 0.3 is 0 Å². The summed E-state index contributed by atoms with van der Waals surface area (Å²) in [5.41, 5.74) is 7.11. The Morgan fingerprint density at radius 1 is 1.07 bits per heavy atom.